The molecule has 0 unspecified atom stereocenters. The molecule has 0 atom stereocenters. The number of hydrogen-bond acceptors (Lipinski definition) is 6. The summed E-state index contributed by atoms with van der Waals surface area (Å²) in [5, 5.41) is 13.1. The van der Waals surface area contributed by atoms with Gasteiger partial charge in [0.15, 0.2) is 0 Å². The molecule has 2 heterocycles. The highest BCUT2D eigenvalue weighted by Crippen LogP contribution is 2.14. The van der Waals surface area contributed by atoms with Crippen LogP contribution >= 0.6 is 11.3 Å². The van der Waals surface area contributed by atoms with Crippen molar-refractivity contribution < 1.29 is 0 Å². The zero-order valence-corrected chi connectivity index (χ0v) is 7.12. The van der Waals surface area contributed by atoms with E-state index in [0.29, 0.717) is 11.1 Å². The van der Waals surface area contributed by atoms with Crippen LogP contribution in [0, 0.1) is 6.92 Å². The molecule has 0 aliphatic carbocycles. The van der Waals surface area contributed by atoms with Gasteiger partial charge in [0.25, 0.3) is 0 Å². The summed E-state index contributed by atoms with van der Waals surface area (Å²) < 4.78 is 1.45. The highest BCUT2D eigenvalue weighted by Gasteiger charge is 2.06. The first-order valence-electron chi connectivity index (χ1n) is 3.23. The Morgan fingerprint density at radius 1 is 1.50 bits per heavy atom. The van der Waals surface area contributed by atoms with Gasteiger partial charge in [0.1, 0.15) is 11.3 Å². The van der Waals surface area contributed by atoms with Gasteiger partial charge in [0, 0.05) is 0 Å². The third kappa shape index (κ3) is 1.03. The fraction of sp³-hybridized carbons (Fsp3) is 0.200. The molecule has 2 N–H and O–H groups in total. The number of anilines is 1. The van der Waals surface area contributed by atoms with Gasteiger partial charge in [-0.25, -0.2) is 0 Å². The number of nitrogens with zero attached hydrogens (tertiary/aromatic N) is 5. The summed E-state index contributed by atoms with van der Waals surface area (Å²) >= 11 is 1.42. The lowest BCUT2D eigenvalue weighted by Crippen LogP contribution is -2.01. The van der Waals surface area contributed by atoms with Crippen LogP contribution in [0.4, 0.5) is 5.95 Å². The first-order chi connectivity index (χ1) is 5.77. The van der Waals surface area contributed by atoms with Crippen molar-refractivity contribution in [1.29, 1.82) is 0 Å². The fourth-order valence-corrected chi connectivity index (χ4v) is 1.42. The molecule has 7 heteroatoms. The Morgan fingerprint density at radius 2 is 2.33 bits per heavy atom. The van der Waals surface area contributed by atoms with E-state index in [1.54, 1.807) is 0 Å². The number of nitrogens with two attached hydrogens (primary N) is 1. The monoisotopic (exact) mass is 182 g/mol. The van der Waals surface area contributed by atoms with Gasteiger partial charge in [0.05, 0.1) is 0 Å². The molecule has 0 radical (unpaired) electrons. The molecule has 0 amide bonds. The van der Waals surface area contributed by atoms with E-state index in [2.05, 4.69) is 20.3 Å². The molecule has 0 saturated heterocycles. The maximum atomic E-state index is 5.51. The van der Waals surface area contributed by atoms with Crippen LogP contribution in [-0.2, 0) is 0 Å². The van der Waals surface area contributed by atoms with Crippen LogP contribution in [0.1, 0.15) is 5.01 Å². The average molecular weight is 182 g/mol. The van der Waals surface area contributed by atoms with Gasteiger partial charge >= 0.3 is 0 Å². The van der Waals surface area contributed by atoms with Crippen LogP contribution in [0.2, 0.25) is 0 Å². The minimum Gasteiger partial charge on any atom is -0.368 e. The molecule has 62 valence electrons. The van der Waals surface area contributed by atoms with Crippen molar-refractivity contribution in [3.05, 3.63) is 11.3 Å². The summed E-state index contributed by atoms with van der Waals surface area (Å²) in [7, 11) is 0. The van der Waals surface area contributed by atoms with Crippen molar-refractivity contribution in [3.8, 4) is 5.13 Å². The summed E-state index contributed by atoms with van der Waals surface area (Å²) in [6.07, 6.45) is 1.38. The van der Waals surface area contributed by atoms with Crippen molar-refractivity contribution >= 4 is 17.3 Å². The second-order valence-electron chi connectivity index (χ2n) is 2.13. The smallest absolute Gasteiger partial charge is 0.236 e. The van der Waals surface area contributed by atoms with E-state index in [0.717, 1.165) is 5.01 Å². The summed E-state index contributed by atoms with van der Waals surface area (Å²) in [6, 6.07) is 0. The van der Waals surface area contributed by atoms with E-state index in [4.69, 9.17) is 5.73 Å². The molecule has 0 aliphatic heterocycles. The van der Waals surface area contributed by atoms with Crippen LogP contribution in [0.5, 0.6) is 0 Å². The summed E-state index contributed by atoms with van der Waals surface area (Å²) in [5.74, 6) is 0.325. The minimum atomic E-state index is 0.325. The molecule has 0 spiro atoms. The van der Waals surface area contributed by atoms with Crippen LogP contribution in [0.15, 0.2) is 6.33 Å². The van der Waals surface area contributed by atoms with Gasteiger partial charge < -0.3 is 5.73 Å². The van der Waals surface area contributed by atoms with Gasteiger partial charge in [-0.2, -0.15) is 14.8 Å². The van der Waals surface area contributed by atoms with Gasteiger partial charge in [-0.15, -0.1) is 10.2 Å². The van der Waals surface area contributed by atoms with Crippen molar-refractivity contribution in [2.45, 2.75) is 6.92 Å². The summed E-state index contributed by atoms with van der Waals surface area (Å²) in [4.78, 5) is 3.77. The van der Waals surface area contributed by atoms with Crippen LogP contribution in [-0.4, -0.2) is 25.0 Å². The summed E-state index contributed by atoms with van der Waals surface area (Å²) in [5.41, 5.74) is 5.51. The molecular weight excluding hydrogens is 176 g/mol. The normalized spacial score (nSPS) is 10.4. The lowest BCUT2D eigenvalue weighted by atomic mass is 10.9. The van der Waals surface area contributed by atoms with Gasteiger partial charge in [0.2, 0.25) is 11.1 Å². The lowest BCUT2D eigenvalue weighted by molar-refractivity contribution is 0.852. The van der Waals surface area contributed by atoms with Crippen LogP contribution < -0.4 is 5.73 Å². The summed E-state index contributed by atoms with van der Waals surface area (Å²) in [6.45, 7) is 1.87. The van der Waals surface area contributed by atoms with E-state index in [1.165, 1.54) is 22.3 Å². The van der Waals surface area contributed by atoms with Crippen molar-refractivity contribution in [3.63, 3.8) is 0 Å². The molecule has 0 aliphatic rings. The molecule has 6 nitrogen and oxygen atoms in total. The molecular formula is C5H6N6S. The standard InChI is InChI=1S/C5H6N6S/c1-3-9-10-5(12-3)11-4(6)7-2-8-11/h2H,1H3,(H2,6,7,8). The molecule has 0 saturated carbocycles. The SMILES string of the molecule is Cc1nnc(-n2ncnc2N)s1. The first kappa shape index (κ1) is 7.17. The predicted octanol–water partition coefficient (Wildman–Crippen LogP) is 0.00942. The number of aromatic nitrogens is 5. The van der Waals surface area contributed by atoms with Crippen molar-refractivity contribution in [1.82, 2.24) is 25.0 Å². The fourth-order valence-electron chi connectivity index (χ4n) is 0.770. The molecule has 12 heavy (non-hydrogen) atoms. The Bertz CT molecular complexity index is 390. The van der Waals surface area contributed by atoms with Crippen molar-refractivity contribution in [2.75, 3.05) is 5.73 Å². The number of nitrogen functional groups attached to an aromatic ring is 1. The van der Waals surface area contributed by atoms with Gasteiger partial charge in [-0.1, -0.05) is 11.3 Å². The minimum absolute atomic E-state index is 0.325. The van der Waals surface area contributed by atoms with E-state index in [9.17, 15) is 0 Å². The maximum absolute atomic E-state index is 5.51. The molecule has 0 aromatic carbocycles. The Balaban J connectivity index is 2.50. The topological polar surface area (TPSA) is 82.5 Å². The maximum Gasteiger partial charge on any atom is 0.236 e. The third-order valence-electron chi connectivity index (χ3n) is 1.27. The van der Waals surface area contributed by atoms with E-state index in [-0.39, 0.29) is 0 Å². The molecule has 2 aromatic heterocycles. The third-order valence-corrected chi connectivity index (χ3v) is 2.08. The van der Waals surface area contributed by atoms with E-state index in [1.807, 2.05) is 6.92 Å². The predicted molar refractivity (Wildman–Crippen MR) is 44.0 cm³/mol. The largest absolute Gasteiger partial charge is 0.368 e. The van der Waals surface area contributed by atoms with Gasteiger partial charge in [-0.05, 0) is 6.92 Å². The zero-order valence-electron chi connectivity index (χ0n) is 6.30. The second-order valence-corrected chi connectivity index (χ2v) is 3.29. The van der Waals surface area contributed by atoms with Gasteiger partial charge in [-0.3, -0.25) is 0 Å². The van der Waals surface area contributed by atoms with Crippen molar-refractivity contribution in [2.24, 2.45) is 0 Å². The van der Waals surface area contributed by atoms with Crippen LogP contribution in [0.25, 0.3) is 5.13 Å². The number of hydrogen-bond donors (Lipinski definition) is 1. The quantitative estimate of drug-likeness (QED) is 0.671. The van der Waals surface area contributed by atoms with E-state index >= 15 is 0 Å². The Hall–Kier alpha value is -1.50. The Kier molecular flexibility index (Phi) is 1.51. The first-order valence-corrected chi connectivity index (χ1v) is 4.05. The highest BCUT2D eigenvalue weighted by atomic mass is 32.1. The number of aryl methyl sites for hydroxylation is 1. The second kappa shape index (κ2) is 2.52. The van der Waals surface area contributed by atoms with E-state index < -0.39 is 0 Å². The molecule has 2 rings (SSSR count). The zero-order chi connectivity index (χ0) is 8.55. The van der Waals surface area contributed by atoms with Crippen LogP contribution in [0.3, 0.4) is 0 Å². The lowest BCUT2D eigenvalue weighted by Gasteiger charge is -1.92. The molecule has 2 aromatic rings. The molecule has 0 fully saturated rings. The number of rotatable bonds is 1. The average Bonchev–Trinajstić information content (AvgIpc) is 2.58. The highest BCUT2D eigenvalue weighted by molar-refractivity contribution is 7.13. The Labute approximate surface area is 72.1 Å². The Morgan fingerprint density at radius 3 is 2.83 bits per heavy atom. The molecule has 0 bridgehead atoms.